The van der Waals surface area contributed by atoms with Crippen molar-refractivity contribution in [2.24, 2.45) is 0 Å². The van der Waals surface area contributed by atoms with E-state index in [1.54, 1.807) is 0 Å². The number of carbonyl (C=O) groups is 1. The van der Waals surface area contributed by atoms with E-state index in [1.165, 1.54) is 18.4 Å². The second kappa shape index (κ2) is 7.65. The minimum absolute atomic E-state index is 0.163. The van der Waals surface area contributed by atoms with E-state index >= 15 is 0 Å². The van der Waals surface area contributed by atoms with Crippen LogP contribution >= 0.6 is 15.9 Å². The third-order valence-electron chi connectivity index (χ3n) is 3.49. The molecule has 0 spiro atoms. The molecular formula is C15H21BrN2O. The van der Waals surface area contributed by atoms with Crippen LogP contribution in [0.2, 0.25) is 0 Å². The van der Waals surface area contributed by atoms with Gasteiger partial charge in [-0.2, -0.15) is 0 Å². The third-order valence-corrected chi connectivity index (χ3v) is 4.02. The maximum atomic E-state index is 11.8. The standard InChI is InChI=1S/C15H21BrN2O/c16-13-6-4-12(5-7-13)8-10-18-15(19)11-14-3-1-2-9-17-14/h4-7,14,17H,1-3,8-11H2,(H,18,19). The quantitative estimate of drug-likeness (QED) is 0.874. The Hall–Kier alpha value is -0.870. The first kappa shape index (κ1) is 14.5. The minimum Gasteiger partial charge on any atom is -0.356 e. The van der Waals surface area contributed by atoms with Crippen molar-refractivity contribution >= 4 is 21.8 Å². The van der Waals surface area contributed by atoms with Crippen LogP contribution in [0.5, 0.6) is 0 Å². The van der Waals surface area contributed by atoms with Gasteiger partial charge in [-0.3, -0.25) is 4.79 Å². The van der Waals surface area contributed by atoms with Crippen LogP contribution in [0.4, 0.5) is 0 Å². The summed E-state index contributed by atoms with van der Waals surface area (Å²) in [5.74, 6) is 0.163. The summed E-state index contributed by atoms with van der Waals surface area (Å²) in [7, 11) is 0. The third kappa shape index (κ3) is 5.33. The highest BCUT2D eigenvalue weighted by Crippen LogP contribution is 2.11. The topological polar surface area (TPSA) is 41.1 Å². The van der Waals surface area contributed by atoms with Gasteiger partial charge in [0, 0.05) is 23.5 Å². The van der Waals surface area contributed by atoms with Crippen molar-refractivity contribution in [3.8, 4) is 0 Å². The van der Waals surface area contributed by atoms with Gasteiger partial charge in [-0.1, -0.05) is 34.5 Å². The molecule has 0 bridgehead atoms. The molecule has 1 aromatic carbocycles. The Bertz CT molecular complexity index is 399. The van der Waals surface area contributed by atoms with Gasteiger partial charge in [-0.05, 0) is 43.5 Å². The molecule has 2 N–H and O–H groups in total. The zero-order valence-corrected chi connectivity index (χ0v) is 12.7. The maximum Gasteiger partial charge on any atom is 0.221 e. The number of carbonyl (C=O) groups excluding carboxylic acids is 1. The first-order valence-corrected chi connectivity index (χ1v) is 7.78. The van der Waals surface area contributed by atoms with Gasteiger partial charge in [0.15, 0.2) is 0 Å². The highest BCUT2D eigenvalue weighted by atomic mass is 79.9. The van der Waals surface area contributed by atoms with Gasteiger partial charge in [0.2, 0.25) is 5.91 Å². The van der Waals surface area contributed by atoms with Crippen molar-refractivity contribution in [1.82, 2.24) is 10.6 Å². The van der Waals surface area contributed by atoms with Gasteiger partial charge in [-0.25, -0.2) is 0 Å². The molecule has 1 aliphatic rings. The molecule has 1 amide bonds. The average Bonchev–Trinajstić information content (AvgIpc) is 2.42. The minimum atomic E-state index is 0.163. The van der Waals surface area contributed by atoms with E-state index in [2.05, 4.69) is 38.7 Å². The lowest BCUT2D eigenvalue weighted by molar-refractivity contribution is -0.121. The molecule has 3 nitrogen and oxygen atoms in total. The van der Waals surface area contributed by atoms with Gasteiger partial charge in [0.25, 0.3) is 0 Å². The lowest BCUT2D eigenvalue weighted by Crippen LogP contribution is -2.39. The van der Waals surface area contributed by atoms with Gasteiger partial charge in [-0.15, -0.1) is 0 Å². The number of halogens is 1. The molecule has 0 radical (unpaired) electrons. The van der Waals surface area contributed by atoms with E-state index in [9.17, 15) is 4.79 Å². The number of benzene rings is 1. The lowest BCUT2D eigenvalue weighted by atomic mass is 10.0. The van der Waals surface area contributed by atoms with Crippen molar-refractivity contribution in [1.29, 1.82) is 0 Å². The van der Waals surface area contributed by atoms with Crippen LogP contribution in [-0.4, -0.2) is 25.0 Å². The van der Waals surface area contributed by atoms with Crippen molar-refractivity contribution in [2.75, 3.05) is 13.1 Å². The first-order valence-electron chi connectivity index (χ1n) is 6.98. The number of hydrogen-bond donors (Lipinski definition) is 2. The Morgan fingerprint density at radius 3 is 2.79 bits per heavy atom. The van der Waals surface area contributed by atoms with Crippen LogP contribution in [0, 0.1) is 0 Å². The summed E-state index contributed by atoms with van der Waals surface area (Å²) < 4.78 is 1.09. The normalized spacial score (nSPS) is 19.1. The second-order valence-electron chi connectivity index (χ2n) is 5.08. The molecule has 0 aromatic heterocycles. The molecule has 1 aromatic rings. The number of nitrogens with one attached hydrogen (secondary N) is 2. The van der Waals surface area contributed by atoms with Crippen LogP contribution in [0.1, 0.15) is 31.2 Å². The number of piperidine rings is 1. The Kier molecular flexibility index (Phi) is 5.86. The Morgan fingerprint density at radius 1 is 1.32 bits per heavy atom. The molecule has 1 heterocycles. The van der Waals surface area contributed by atoms with E-state index in [0.717, 1.165) is 23.9 Å². The fraction of sp³-hybridized carbons (Fsp3) is 0.533. The van der Waals surface area contributed by atoms with Crippen LogP contribution in [-0.2, 0) is 11.2 Å². The van der Waals surface area contributed by atoms with Crippen LogP contribution in [0.15, 0.2) is 28.7 Å². The largest absolute Gasteiger partial charge is 0.356 e. The molecule has 4 heteroatoms. The number of hydrogen-bond acceptors (Lipinski definition) is 2. The molecule has 0 aliphatic carbocycles. The summed E-state index contributed by atoms with van der Waals surface area (Å²) in [6.45, 7) is 1.77. The van der Waals surface area contributed by atoms with Gasteiger partial charge < -0.3 is 10.6 Å². The predicted molar refractivity (Wildman–Crippen MR) is 81.1 cm³/mol. The molecule has 1 unspecified atom stereocenters. The fourth-order valence-electron chi connectivity index (χ4n) is 2.39. The molecule has 1 saturated heterocycles. The van der Waals surface area contributed by atoms with Gasteiger partial charge in [0.1, 0.15) is 0 Å². The highest BCUT2D eigenvalue weighted by molar-refractivity contribution is 9.10. The summed E-state index contributed by atoms with van der Waals surface area (Å²) in [5, 5.41) is 6.40. The molecule has 0 saturated carbocycles. The van der Waals surface area contributed by atoms with E-state index < -0.39 is 0 Å². The van der Waals surface area contributed by atoms with Gasteiger partial charge >= 0.3 is 0 Å². The average molecular weight is 325 g/mol. The SMILES string of the molecule is O=C(CC1CCCCN1)NCCc1ccc(Br)cc1. The smallest absolute Gasteiger partial charge is 0.221 e. The zero-order valence-electron chi connectivity index (χ0n) is 11.1. The summed E-state index contributed by atoms with van der Waals surface area (Å²) >= 11 is 3.42. The molecule has 1 aliphatic heterocycles. The maximum absolute atomic E-state index is 11.8. The number of rotatable bonds is 5. The summed E-state index contributed by atoms with van der Waals surface area (Å²) in [4.78, 5) is 11.8. The van der Waals surface area contributed by atoms with Crippen LogP contribution < -0.4 is 10.6 Å². The van der Waals surface area contributed by atoms with E-state index in [-0.39, 0.29) is 5.91 Å². The summed E-state index contributed by atoms with van der Waals surface area (Å²) in [6.07, 6.45) is 5.10. The van der Waals surface area contributed by atoms with Crippen molar-refractivity contribution in [2.45, 2.75) is 38.1 Å². The zero-order chi connectivity index (χ0) is 13.5. The van der Waals surface area contributed by atoms with Crippen molar-refractivity contribution in [3.05, 3.63) is 34.3 Å². The first-order chi connectivity index (χ1) is 9.24. The lowest BCUT2D eigenvalue weighted by Gasteiger charge is -2.22. The summed E-state index contributed by atoms with van der Waals surface area (Å²) in [5.41, 5.74) is 1.25. The predicted octanol–water partition coefficient (Wildman–Crippen LogP) is 2.64. The van der Waals surface area contributed by atoms with Crippen molar-refractivity contribution < 1.29 is 4.79 Å². The van der Waals surface area contributed by atoms with E-state index in [1.807, 2.05) is 12.1 Å². The van der Waals surface area contributed by atoms with E-state index in [4.69, 9.17) is 0 Å². The van der Waals surface area contributed by atoms with Crippen LogP contribution in [0.3, 0.4) is 0 Å². The molecule has 1 fully saturated rings. The fourth-order valence-corrected chi connectivity index (χ4v) is 2.66. The Morgan fingerprint density at radius 2 is 2.11 bits per heavy atom. The Labute approximate surface area is 123 Å². The highest BCUT2D eigenvalue weighted by Gasteiger charge is 2.15. The molecular weight excluding hydrogens is 304 g/mol. The van der Waals surface area contributed by atoms with Crippen molar-refractivity contribution in [3.63, 3.8) is 0 Å². The second-order valence-corrected chi connectivity index (χ2v) is 5.99. The van der Waals surface area contributed by atoms with Crippen LogP contribution in [0.25, 0.3) is 0 Å². The monoisotopic (exact) mass is 324 g/mol. The molecule has 1 atom stereocenters. The molecule has 2 rings (SSSR count). The number of amides is 1. The molecule has 19 heavy (non-hydrogen) atoms. The summed E-state index contributed by atoms with van der Waals surface area (Å²) in [6, 6.07) is 8.60. The molecule has 104 valence electrons. The van der Waals surface area contributed by atoms with E-state index in [0.29, 0.717) is 19.0 Å². The van der Waals surface area contributed by atoms with Gasteiger partial charge in [0.05, 0.1) is 0 Å². The Balaban J connectivity index is 1.64.